The lowest BCUT2D eigenvalue weighted by atomic mass is 10.4. The normalized spacial score (nSPS) is 8.83. The van der Waals surface area contributed by atoms with Crippen LogP contribution in [0.2, 0.25) is 0 Å². The summed E-state index contributed by atoms with van der Waals surface area (Å²) in [6, 6.07) is 0. The lowest BCUT2D eigenvalue weighted by Crippen LogP contribution is -2.14. The van der Waals surface area contributed by atoms with Crippen LogP contribution in [0.5, 0.6) is 0 Å². The van der Waals surface area contributed by atoms with E-state index in [4.69, 9.17) is 0 Å². The van der Waals surface area contributed by atoms with Crippen molar-refractivity contribution in [3.8, 4) is 0 Å². The molecule has 0 unspecified atom stereocenters. The minimum absolute atomic E-state index is 0.0400. The molecule has 0 aromatic rings. The maximum atomic E-state index is 10.7. The predicted molar refractivity (Wildman–Crippen MR) is 40.7 cm³/mol. The van der Waals surface area contributed by atoms with E-state index in [2.05, 4.69) is 22.1 Å². The second-order valence-electron chi connectivity index (χ2n) is 2.16. The number of hydrogen-bond acceptors (Lipinski definition) is 5. The molecule has 2 N–H and O–H groups in total. The second kappa shape index (κ2) is 5.31. The van der Waals surface area contributed by atoms with Gasteiger partial charge >= 0.3 is 11.9 Å². The molecule has 0 rings (SSSR count). The zero-order valence-electron chi connectivity index (χ0n) is 6.83. The average molecular weight is 173 g/mol. The molecule has 68 valence electrons. The Bertz CT molecular complexity index is 200. The lowest BCUT2D eigenvalue weighted by Gasteiger charge is -2.01. The summed E-state index contributed by atoms with van der Waals surface area (Å²) in [5, 5.41) is 0. The van der Waals surface area contributed by atoms with Gasteiger partial charge in [-0.3, -0.25) is 4.79 Å². The Labute approximate surface area is 70.1 Å². The van der Waals surface area contributed by atoms with Gasteiger partial charge in [-0.25, -0.2) is 4.79 Å². The van der Waals surface area contributed by atoms with Crippen LogP contribution in [0.4, 0.5) is 0 Å². The number of esters is 1. The van der Waals surface area contributed by atoms with Crippen molar-refractivity contribution < 1.29 is 19.2 Å². The molecule has 0 spiro atoms. The van der Waals surface area contributed by atoms with Crippen LogP contribution in [0, 0.1) is 0 Å². The molecule has 5 heteroatoms. The summed E-state index contributed by atoms with van der Waals surface area (Å²) < 4.78 is 4.58. The fourth-order valence-corrected chi connectivity index (χ4v) is 0.409. The molecule has 0 fully saturated rings. The summed E-state index contributed by atoms with van der Waals surface area (Å²) in [4.78, 5) is 24.9. The van der Waals surface area contributed by atoms with Gasteiger partial charge in [0.1, 0.15) is 6.61 Å². The maximum absolute atomic E-state index is 10.7. The van der Waals surface area contributed by atoms with E-state index < -0.39 is 11.9 Å². The average Bonchev–Trinajstić information content (AvgIpc) is 2.03. The van der Waals surface area contributed by atoms with E-state index in [9.17, 15) is 9.59 Å². The van der Waals surface area contributed by atoms with Gasteiger partial charge in [0.25, 0.3) is 0 Å². The van der Waals surface area contributed by atoms with E-state index in [1.165, 1.54) is 6.92 Å². The van der Waals surface area contributed by atoms with Gasteiger partial charge in [-0.05, 0) is 6.92 Å². The first kappa shape index (κ1) is 10.6. The minimum Gasteiger partial charge on any atom is -0.462 e. The Kier molecular flexibility index (Phi) is 4.71. The van der Waals surface area contributed by atoms with E-state index in [0.29, 0.717) is 0 Å². The molecule has 0 heterocycles. The van der Waals surface area contributed by atoms with Gasteiger partial charge in [0.15, 0.2) is 0 Å². The van der Waals surface area contributed by atoms with Gasteiger partial charge in [0, 0.05) is 5.57 Å². The molecule has 0 bridgehead atoms. The molecule has 0 aliphatic carbocycles. The molecule has 5 nitrogen and oxygen atoms in total. The van der Waals surface area contributed by atoms with Gasteiger partial charge in [-0.1, -0.05) is 6.58 Å². The number of hydrogen-bond donors (Lipinski definition) is 1. The standard InChI is InChI=1S/C7H11NO4/c1-5(2)7(10)11-4-3-6(9)12-8/h1,3-4,8H2,2H3. The molecule has 0 aromatic carbocycles. The van der Waals surface area contributed by atoms with Gasteiger partial charge in [0.05, 0.1) is 6.42 Å². The first-order chi connectivity index (χ1) is 5.57. The Hall–Kier alpha value is -1.36. The van der Waals surface area contributed by atoms with Crippen molar-refractivity contribution in [2.24, 2.45) is 5.90 Å². The molecule has 0 saturated carbocycles. The van der Waals surface area contributed by atoms with Crippen LogP contribution >= 0.6 is 0 Å². The van der Waals surface area contributed by atoms with Crippen LogP contribution in [0.1, 0.15) is 13.3 Å². The lowest BCUT2D eigenvalue weighted by molar-refractivity contribution is -0.147. The van der Waals surface area contributed by atoms with Crippen molar-refractivity contribution in [1.82, 2.24) is 0 Å². The van der Waals surface area contributed by atoms with Crippen LogP contribution in [0.25, 0.3) is 0 Å². The number of nitrogens with two attached hydrogens (primary N) is 1. The fraction of sp³-hybridized carbons (Fsp3) is 0.429. The zero-order chi connectivity index (χ0) is 9.56. The summed E-state index contributed by atoms with van der Waals surface area (Å²) in [6.45, 7) is 4.84. The zero-order valence-corrected chi connectivity index (χ0v) is 6.83. The number of rotatable bonds is 4. The first-order valence-electron chi connectivity index (χ1n) is 3.30. The van der Waals surface area contributed by atoms with Crippen LogP contribution in [0.15, 0.2) is 12.2 Å². The molecule has 0 amide bonds. The van der Waals surface area contributed by atoms with Gasteiger partial charge in [0.2, 0.25) is 0 Å². The molecule has 0 aromatic heterocycles. The van der Waals surface area contributed by atoms with E-state index in [0.717, 1.165) is 0 Å². The molecule has 0 aliphatic heterocycles. The quantitative estimate of drug-likeness (QED) is 0.365. The third-order valence-corrected chi connectivity index (χ3v) is 1.02. The predicted octanol–water partition coefficient (Wildman–Crippen LogP) is -0.0873. The highest BCUT2D eigenvalue weighted by molar-refractivity contribution is 5.87. The van der Waals surface area contributed by atoms with Crippen molar-refractivity contribution in [2.45, 2.75) is 13.3 Å². The molecular formula is C7H11NO4. The summed E-state index contributed by atoms with van der Waals surface area (Å²) in [5.74, 6) is 3.39. The second-order valence-corrected chi connectivity index (χ2v) is 2.16. The van der Waals surface area contributed by atoms with Crippen LogP contribution < -0.4 is 5.90 Å². The third-order valence-electron chi connectivity index (χ3n) is 1.02. The summed E-state index contributed by atoms with van der Waals surface area (Å²) in [5.41, 5.74) is 0.288. The monoisotopic (exact) mass is 173 g/mol. The fourth-order valence-electron chi connectivity index (χ4n) is 0.409. The van der Waals surface area contributed by atoms with E-state index >= 15 is 0 Å². The SMILES string of the molecule is C=C(C)C(=O)OCCC(=O)ON. The molecule has 0 atom stereocenters. The number of carbonyl (C=O) groups excluding carboxylic acids is 2. The number of ether oxygens (including phenoxy) is 1. The van der Waals surface area contributed by atoms with Crippen molar-refractivity contribution >= 4 is 11.9 Å². The molecule has 0 saturated heterocycles. The van der Waals surface area contributed by atoms with Crippen molar-refractivity contribution in [3.63, 3.8) is 0 Å². The molecule has 12 heavy (non-hydrogen) atoms. The third kappa shape index (κ3) is 4.45. The van der Waals surface area contributed by atoms with Gasteiger partial charge in [-0.2, -0.15) is 5.90 Å². The highest BCUT2D eigenvalue weighted by Gasteiger charge is 2.05. The Morgan fingerprint density at radius 2 is 2.08 bits per heavy atom. The summed E-state index contributed by atoms with van der Waals surface area (Å²) in [6.07, 6.45) is -0.0461. The smallest absolute Gasteiger partial charge is 0.333 e. The van der Waals surface area contributed by atoms with Crippen molar-refractivity contribution in [1.29, 1.82) is 0 Å². The van der Waals surface area contributed by atoms with E-state index in [-0.39, 0.29) is 18.6 Å². The van der Waals surface area contributed by atoms with Crippen LogP contribution in [-0.2, 0) is 19.2 Å². The summed E-state index contributed by atoms with van der Waals surface area (Å²) >= 11 is 0. The van der Waals surface area contributed by atoms with Crippen molar-refractivity contribution in [2.75, 3.05) is 6.61 Å². The summed E-state index contributed by atoms with van der Waals surface area (Å²) in [7, 11) is 0. The van der Waals surface area contributed by atoms with E-state index in [1.807, 2.05) is 0 Å². The Morgan fingerprint density at radius 3 is 2.50 bits per heavy atom. The van der Waals surface area contributed by atoms with Crippen molar-refractivity contribution in [3.05, 3.63) is 12.2 Å². The molecule has 0 aliphatic rings. The minimum atomic E-state index is -0.621. The van der Waals surface area contributed by atoms with E-state index in [1.54, 1.807) is 0 Å². The topological polar surface area (TPSA) is 78.6 Å². The maximum Gasteiger partial charge on any atom is 0.333 e. The first-order valence-corrected chi connectivity index (χ1v) is 3.30. The largest absolute Gasteiger partial charge is 0.462 e. The van der Waals surface area contributed by atoms with Crippen LogP contribution in [-0.4, -0.2) is 18.5 Å². The Morgan fingerprint density at radius 1 is 1.50 bits per heavy atom. The molecular weight excluding hydrogens is 162 g/mol. The molecule has 0 radical (unpaired) electrons. The highest BCUT2D eigenvalue weighted by atomic mass is 16.7. The highest BCUT2D eigenvalue weighted by Crippen LogP contribution is 1.93. The van der Waals surface area contributed by atoms with Gasteiger partial charge < -0.3 is 9.57 Å². The number of carbonyl (C=O) groups is 2. The Balaban J connectivity index is 3.50. The van der Waals surface area contributed by atoms with Gasteiger partial charge in [-0.15, -0.1) is 0 Å². The van der Waals surface area contributed by atoms with Crippen LogP contribution in [0.3, 0.4) is 0 Å².